The predicted octanol–water partition coefficient (Wildman–Crippen LogP) is 2.20. The highest BCUT2D eigenvalue weighted by atomic mass is 16.6. The lowest BCUT2D eigenvalue weighted by Gasteiger charge is -2.34. The van der Waals surface area contributed by atoms with Gasteiger partial charge in [0.05, 0.1) is 35.7 Å². The first-order chi connectivity index (χ1) is 13.3. The van der Waals surface area contributed by atoms with Crippen molar-refractivity contribution in [3.8, 4) is 0 Å². The number of ether oxygens (including phenoxy) is 2. The van der Waals surface area contributed by atoms with E-state index >= 15 is 0 Å². The minimum Gasteiger partial charge on any atom is -0.454 e. The zero-order valence-electron chi connectivity index (χ0n) is 18.4. The van der Waals surface area contributed by atoms with Crippen molar-refractivity contribution in [1.29, 1.82) is 0 Å². The molecule has 2 saturated heterocycles. The summed E-state index contributed by atoms with van der Waals surface area (Å²) < 4.78 is 11.1. The van der Waals surface area contributed by atoms with Crippen LogP contribution in [0, 0.1) is 17.3 Å². The number of epoxide rings is 1. The number of carbonyl (C=O) groups is 3. The van der Waals surface area contributed by atoms with E-state index in [0.717, 1.165) is 19.3 Å². The summed E-state index contributed by atoms with van der Waals surface area (Å²) in [5.74, 6) is -2.07. The highest BCUT2D eigenvalue weighted by Gasteiger charge is 2.53. The summed E-state index contributed by atoms with van der Waals surface area (Å²) in [6.45, 7) is 10.0. The van der Waals surface area contributed by atoms with Crippen LogP contribution in [0.1, 0.15) is 73.6 Å². The van der Waals surface area contributed by atoms with Gasteiger partial charge in [-0.2, -0.15) is 0 Å². The zero-order valence-corrected chi connectivity index (χ0v) is 18.4. The molecule has 0 aromatic heterocycles. The van der Waals surface area contributed by atoms with E-state index in [1.54, 1.807) is 20.8 Å². The summed E-state index contributed by atoms with van der Waals surface area (Å²) >= 11 is 0. The molecule has 0 bridgehead atoms. The standard InChI is InChI=1S/C22H36O7/c1-12-8-7-9-22(6)17(29-22)10-15(14(3)23)28-18(25)11-16(24)21(4,5)20(27)13(2)19(12)26/h12-13,15-17,19,24,26H,7-11H2,1-6H3/t12-,13+,15-,16-,17-,19-,22+/m0/s1. The Labute approximate surface area is 173 Å². The van der Waals surface area contributed by atoms with Gasteiger partial charge in [0.2, 0.25) is 0 Å². The second-order valence-corrected chi connectivity index (χ2v) is 9.70. The molecule has 2 rings (SSSR count). The Morgan fingerprint density at radius 3 is 2.34 bits per heavy atom. The Balaban J connectivity index is 2.24. The van der Waals surface area contributed by atoms with Crippen LogP contribution in [0.5, 0.6) is 0 Å². The third kappa shape index (κ3) is 5.44. The topological polar surface area (TPSA) is 113 Å². The van der Waals surface area contributed by atoms with Gasteiger partial charge in [-0.25, -0.2) is 0 Å². The van der Waals surface area contributed by atoms with Crippen molar-refractivity contribution in [3.63, 3.8) is 0 Å². The van der Waals surface area contributed by atoms with Crippen LogP contribution in [0.15, 0.2) is 0 Å². The first-order valence-electron chi connectivity index (χ1n) is 10.6. The first-order valence-corrected chi connectivity index (χ1v) is 10.6. The molecule has 166 valence electrons. The average molecular weight is 413 g/mol. The first kappa shape index (κ1) is 24.0. The number of rotatable bonds is 1. The van der Waals surface area contributed by atoms with Crippen molar-refractivity contribution in [1.82, 2.24) is 0 Å². The van der Waals surface area contributed by atoms with Crippen LogP contribution in [0.2, 0.25) is 0 Å². The fraction of sp³-hybridized carbons (Fsp3) is 0.864. The molecule has 0 aromatic carbocycles. The van der Waals surface area contributed by atoms with Crippen LogP contribution in [-0.4, -0.2) is 57.8 Å². The van der Waals surface area contributed by atoms with Crippen molar-refractivity contribution in [2.75, 3.05) is 0 Å². The summed E-state index contributed by atoms with van der Waals surface area (Å²) in [6.07, 6.45) is -1.02. The normalized spacial score (nSPS) is 41.9. The van der Waals surface area contributed by atoms with Gasteiger partial charge in [-0.05, 0) is 32.6 Å². The quantitative estimate of drug-likeness (QED) is 0.501. The maximum absolute atomic E-state index is 13.0. The predicted molar refractivity (Wildman–Crippen MR) is 106 cm³/mol. The van der Waals surface area contributed by atoms with Crippen molar-refractivity contribution >= 4 is 17.5 Å². The van der Waals surface area contributed by atoms with E-state index in [0.29, 0.717) is 0 Å². The second kappa shape index (κ2) is 8.82. The fourth-order valence-electron chi connectivity index (χ4n) is 4.26. The molecule has 2 N–H and O–H groups in total. The molecule has 0 aromatic rings. The largest absolute Gasteiger partial charge is 0.454 e. The van der Waals surface area contributed by atoms with Crippen LogP contribution in [0.4, 0.5) is 0 Å². The highest BCUT2D eigenvalue weighted by molar-refractivity contribution is 5.88. The zero-order chi connectivity index (χ0) is 22.1. The van der Waals surface area contributed by atoms with Crippen LogP contribution < -0.4 is 0 Å². The molecular formula is C22H36O7. The van der Waals surface area contributed by atoms with E-state index < -0.39 is 42.0 Å². The van der Waals surface area contributed by atoms with E-state index in [-0.39, 0.29) is 35.6 Å². The Morgan fingerprint density at radius 1 is 1.14 bits per heavy atom. The molecule has 7 atom stereocenters. The number of hydrogen-bond donors (Lipinski definition) is 2. The van der Waals surface area contributed by atoms with Gasteiger partial charge in [0.1, 0.15) is 5.78 Å². The molecule has 0 unspecified atom stereocenters. The molecular weight excluding hydrogens is 376 g/mol. The minimum absolute atomic E-state index is 0.0921. The van der Waals surface area contributed by atoms with Crippen LogP contribution in [0.25, 0.3) is 0 Å². The number of carbonyl (C=O) groups excluding carboxylic acids is 3. The molecule has 0 saturated carbocycles. The van der Waals surface area contributed by atoms with Gasteiger partial charge in [0.25, 0.3) is 0 Å². The number of aliphatic hydroxyl groups excluding tert-OH is 2. The molecule has 0 aliphatic carbocycles. The molecule has 7 nitrogen and oxygen atoms in total. The van der Waals surface area contributed by atoms with Gasteiger partial charge < -0.3 is 19.7 Å². The molecule has 2 fully saturated rings. The van der Waals surface area contributed by atoms with E-state index in [1.807, 2.05) is 13.8 Å². The molecule has 2 aliphatic rings. The van der Waals surface area contributed by atoms with E-state index in [1.165, 1.54) is 6.92 Å². The number of hydrogen-bond acceptors (Lipinski definition) is 7. The Kier molecular flexibility index (Phi) is 7.29. The Hall–Kier alpha value is -1.31. The highest BCUT2D eigenvalue weighted by Crippen LogP contribution is 2.44. The third-order valence-electron chi connectivity index (χ3n) is 6.86. The molecule has 0 radical (unpaired) electrons. The maximum atomic E-state index is 13.0. The van der Waals surface area contributed by atoms with E-state index in [4.69, 9.17) is 9.47 Å². The van der Waals surface area contributed by atoms with E-state index in [9.17, 15) is 24.6 Å². The van der Waals surface area contributed by atoms with E-state index in [2.05, 4.69) is 0 Å². The van der Waals surface area contributed by atoms with Crippen molar-refractivity contribution in [3.05, 3.63) is 0 Å². The van der Waals surface area contributed by atoms with Gasteiger partial charge in [0, 0.05) is 12.3 Å². The Bertz CT molecular complexity index is 643. The van der Waals surface area contributed by atoms with Gasteiger partial charge in [-0.1, -0.05) is 34.1 Å². The van der Waals surface area contributed by atoms with Crippen molar-refractivity contribution in [2.24, 2.45) is 17.3 Å². The van der Waals surface area contributed by atoms with Crippen molar-refractivity contribution in [2.45, 2.75) is 104 Å². The SMILES string of the molecule is CC(=O)[C@@H]1C[C@@H]2O[C@]2(C)CCC[C@H](C)[C@H](O)[C@@H](C)C(=O)C(C)(C)[C@@H](O)CC(=O)O1. The lowest BCUT2D eigenvalue weighted by Crippen LogP contribution is -2.46. The summed E-state index contributed by atoms with van der Waals surface area (Å²) in [5.41, 5.74) is -1.61. The Morgan fingerprint density at radius 2 is 1.76 bits per heavy atom. The van der Waals surface area contributed by atoms with Crippen molar-refractivity contribution < 1.29 is 34.1 Å². The van der Waals surface area contributed by atoms with Gasteiger partial charge in [0.15, 0.2) is 11.9 Å². The number of Topliss-reactive ketones (excluding diaryl/α,β-unsaturated/α-hetero) is 2. The number of esters is 1. The molecule has 29 heavy (non-hydrogen) atoms. The van der Waals surface area contributed by atoms with Gasteiger partial charge in [-0.3, -0.25) is 14.4 Å². The lowest BCUT2D eigenvalue weighted by atomic mass is 9.73. The lowest BCUT2D eigenvalue weighted by molar-refractivity contribution is -0.160. The minimum atomic E-state index is -1.28. The second-order valence-electron chi connectivity index (χ2n) is 9.70. The summed E-state index contributed by atoms with van der Waals surface area (Å²) in [5, 5.41) is 21.2. The van der Waals surface area contributed by atoms with Gasteiger partial charge >= 0.3 is 5.97 Å². The average Bonchev–Trinajstić information content (AvgIpc) is 3.27. The van der Waals surface area contributed by atoms with Crippen LogP contribution >= 0.6 is 0 Å². The monoisotopic (exact) mass is 412 g/mol. The molecule has 2 aliphatic heterocycles. The fourth-order valence-corrected chi connectivity index (χ4v) is 4.26. The number of fused-ring (bicyclic) bond motifs is 1. The number of ketones is 2. The third-order valence-corrected chi connectivity index (χ3v) is 6.86. The smallest absolute Gasteiger partial charge is 0.309 e. The van der Waals surface area contributed by atoms with Crippen LogP contribution in [-0.2, 0) is 23.9 Å². The number of cyclic esters (lactones) is 1. The molecule has 7 heteroatoms. The van der Waals surface area contributed by atoms with Gasteiger partial charge in [-0.15, -0.1) is 0 Å². The summed E-state index contributed by atoms with van der Waals surface area (Å²) in [4.78, 5) is 37.3. The summed E-state index contributed by atoms with van der Waals surface area (Å²) in [7, 11) is 0. The maximum Gasteiger partial charge on any atom is 0.309 e. The number of aliphatic hydroxyl groups is 2. The molecule has 0 spiro atoms. The van der Waals surface area contributed by atoms with Crippen LogP contribution in [0.3, 0.4) is 0 Å². The molecule has 0 amide bonds. The summed E-state index contributed by atoms with van der Waals surface area (Å²) in [6, 6.07) is 0. The molecule has 2 heterocycles.